The van der Waals surface area contributed by atoms with Crippen LogP contribution in [0.3, 0.4) is 0 Å². The number of amides is 1. The zero-order valence-electron chi connectivity index (χ0n) is 12.8. The number of benzene rings is 1. The van der Waals surface area contributed by atoms with E-state index in [1.807, 2.05) is 31.2 Å². The van der Waals surface area contributed by atoms with Crippen LogP contribution >= 0.6 is 34.9 Å². The SMILES string of the molecule is Cc1ccc(NC(=O)CSc2nnc(SCC(C)C)s2)cc1. The molecular weight excluding hydrogens is 334 g/mol. The average Bonchev–Trinajstić information content (AvgIpc) is 2.93. The molecule has 1 N–H and O–H groups in total. The molecule has 0 bridgehead atoms. The topological polar surface area (TPSA) is 54.9 Å². The Labute approximate surface area is 143 Å². The summed E-state index contributed by atoms with van der Waals surface area (Å²) < 4.78 is 1.81. The molecule has 1 aromatic carbocycles. The lowest BCUT2D eigenvalue weighted by Crippen LogP contribution is -2.13. The molecule has 1 heterocycles. The number of rotatable bonds is 7. The molecule has 1 aromatic heterocycles. The molecule has 0 unspecified atom stereocenters. The van der Waals surface area contributed by atoms with E-state index in [4.69, 9.17) is 0 Å². The summed E-state index contributed by atoms with van der Waals surface area (Å²) in [5.74, 6) is 1.98. The minimum atomic E-state index is -0.0274. The molecule has 0 radical (unpaired) electrons. The average molecular weight is 354 g/mol. The third-order valence-electron chi connectivity index (χ3n) is 2.59. The van der Waals surface area contributed by atoms with Crippen LogP contribution < -0.4 is 5.32 Å². The van der Waals surface area contributed by atoms with Gasteiger partial charge in [-0.2, -0.15) is 0 Å². The zero-order chi connectivity index (χ0) is 15.9. The number of aromatic nitrogens is 2. The van der Waals surface area contributed by atoms with Crippen LogP contribution in [0.4, 0.5) is 5.69 Å². The number of thioether (sulfide) groups is 2. The number of hydrogen-bond acceptors (Lipinski definition) is 6. The Morgan fingerprint density at radius 1 is 1.18 bits per heavy atom. The molecular formula is C15H19N3OS3. The molecule has 0 saturated carbocycles. The van der Waals surface area contributed by atoms with E-state index in [-0.39, 0.29) is 5.91 Å². The molecule has 2 rings (SSSR count). The van der Waals surface area contributed by atoms with Crippen LogP contribution in [0.5, 0.6) is 0 Å². The highest BCUT2D eigenvalue weighted by molar-refractivity contribution is 8.03. The van der Waals surface area contributed by atoms with Gasteiger partial charge in [-0.05, 0) is 25.0 Å². The van der Waals surface area contributed by atoms with Crippen LogP contribution in [-0.2, 0) is 4.79 Å². The Kier molecular flexibility index (Phi) is 6.72. The van der Waals surface area contributed by atoms with Crippen molar-refractivity contribution in [2.75, 3.05) is 16.8 Å². The van der Waals surface area contributed by atoms with E-state index in [9.17, 15) is 4.79 Å². The first kappa shape index (κ1) is 17.3. The molecule has 118 valence electrons. The van der Waals surface area contributed by atoms with Gasteiger partial charge in [0.05, 0.1) is 5.75 Å². The number of nitrogens with zero attached hydrogens (tertiary/aromatic N) is 2. The number of carbonyl (C=O) groups is 1. The first-order chi connectivity index (χ1) is 10.5. The normalized spacial score (nSPS) is 10.9. The fraction of sp³-hybridized carbons (Fsp3) is 0.400. The molecule has 4 nitrogen and oxygen atoms in total. The lowest BCUT2D eigenvalue weighted by molar-refractivity contribution is -0.113. The lowest BCUT2D eigenvalue weighted by Gasteiger charge is -2.04. The van der Waals surface area contributed by atoms with E-state index in [2.05, 4.69) is 29.4 Å². The number of nitrogens with one attached hydrogen (secondary N) is 1. The Hall–Kier alpha value is -1.05. The van der Waals surface area contributed by atoms with Crippen molar-refractivity contribution < 1.29 is 4.79 Å². The molecule has 1 amide bonds. The second kappa shape index (κ2) is 8.55. The van der Waals surface area contributed by atoms with Crippen LogP contribution in [0.2, 0.25) is 0 Å². The zero-order valence-corrected chi connectivity index (χ0v) is 15.3. The van der Waals surface area contributed by atoms with Crippen molar-refractivity contribution in [3.05, 3.63) is 29.8 Å². The van der Waals surface area contributed by atoms with E-state index < -0.39 is 0 Å². The van der Waals surface area contributed by atoms with E-state index in [1.165, 1.54) is 17.3 Å². The van der Waals surface area contributed by atoms with Gasteiger partial charge in [0, 0.05) is 11.4 Å². The van der Waals surface area contributed by atoms with Crippen LogP contribution in [0.25, 0.3) is 0 Å². The van der Waals surface area contributed by atoms with Crippen molar-refractivity contribution in [3.8, 4) is 0 Å². The molecule has 7 heteroatoms. The monoisotopic (exact) mass is 353 g/mol. The second-order valence-electron chi connectivity index (χ2n) is 5.24. The van der Waals surface area contributed by atoms with Gasteiger partial charge >= 0.3 is 0 Å². The fourth-order valence-electron chi connectivity index (χ4n) is 1.51. The summed E-state index contributed by atoms with van der Waals surface area (Å²) in [5.41, 5.74) is 1.99. The third kappa shape index (κ3) is 5.98. The van der Waals surface area contributed by atoms with E-state index in [1.54, 1.807) is 23.1 Å². The fourth-order valence-corrected chi connectivity index (χ4v) is 4.31. The molecule has 0 atom stereocenters. The minimum absolute atomic E-state index is 0.0274. The molecule has 0 spiro atoms. The molecule has 0 aliphatic heterocycles. The van der Waals surface area contributed by atoms with Crippen molar-refractivity contribution in [3.63, 3.8) is 0 Å². The Morgan fingerprint density at radius 2 is 1.82 bits per heavy atom. The molecule has 0 saturated heterocycles. The van der Waals surface area contributed by atoms with Gasteiger partial charge in [0.15, 0.2) is 8.68 Å². The number of aryl methyl sites for hydroxylation is 1. The van der Waals surface area contributed by atoms with Gasteiger partial charge in [-0.25, -0.2) is 0 Å². The smallest absolute Gasteiger partial charge is 0.234 e. The lowest BCUT2D eigenvalue weighted by atomic mass is 10.2. The van der Waals surface area contributed by atoms with E-state index >= 15 is 0 Å². The summed E-state index contributed by atoms with van der Waals surface area (Å²) in [6.07, 6.45) is 0. The number of anilines is 1. The molecule has 0 fully saturated rings. The summed E-state index contributed by atoms with van der Waals surface area (Å²) in [4.78, 5) is 11.9. The van der Waals surface area contributed by atoms with Crippen molar-refractivity contribution in [2.45, 2.75) is 29.5 Å². The van der Waals surface area contributed by atoms with E-state index in [0.717, 1.165) is 20.1 Å². The Bertz CT molecular complexity index is 611. The third-order valence-corrected chi connectivity index (χ3v) is 6.21. The van der Waals surface area contributed by atoms with Gasteiger partial charge in [-0.1, -0.05) is 66.4 Å². The van der Waals surface area contributed by atoms with Crippen LogP contribution in [0, 0.1) is 12.8 Å². The molecule has 0 aliphatic carbocycles. The number of carbonyl (C=O) groups excluding carboxylic acids is 1. The Balaban J connectivity index is 1.77. The maximum absolute atomic E-state index is 11.9. The maximum atomic E-state index is 11.9. The van der Waals surface area contributed by atoms with Gasteiger partial charge in [-0.15, -0.1) is 10.2 Å². The van der Waals surface area contributed by atoms with Crippen molar-refractivity contribution >= 4 is 46.5 Å². The predicted molar refractivity (Wildman–Crippen MR) is 96.0 cm³/mol. The summed E-state index contributed by atoms with van der Waals surface area (Å²) in [6.45, 7) is 6.38. The highest BCUT2D eigenvalue weighted by atomic mass is 32.2. The van der Waals surface area contributed by atoms with Crippen molar-refractivity contribution in [1.82, 2.24) is 10.2 Å². The van der Waals surface area contributed by atoms with E-state index in [0.29, 0.717) is 11.7 Å². The first-order valence-electron chi connectivity index (χ1n) is 6.98. The van der Waals surface area contributed by atoms with Crippen LogP contribution in [0.15, 0.2) is 32.9 Å². The molecule has 2 aromatic rings. The highest BCUT2D eigenvalue weighted by Crippen LogP contribution is 2.29. The highest BCUT2D eigenvalue weighted by Gasteiger charge is 2.09. The summed E-state index contributed by atoms with van der Waals surface area (Å²) in [6, 6.07) is 7.77. The number of hydrogen-bond donors (Lipinski definition) is 1. The van der Waals surface area contributed by atoms with Gasteiger partial charge in [0.2, 0.25) is 5.91 Å². The summed E-state index contributed by atoms with van der Waals surface area (Å²) in [7, 11) is 0. The maximum Gasteiger partial charge on any atom is 0.234 e. The van der Waals surface area contributed by atoms with Crippen molar-refractivity contribution in [2.24, 2.45) is 5.92 Å². The van der Waals surface area contributed by atoms with Crippen molar-refractivity contribution in [1.29, 1.82) is 0 Å². The second-order valence-corrected chi connectivity index (χ2v) is 8.71. The largest absolute Gasteiger partial charge is 0.325 e. The standard InChI is InChI=1S/C15H19N3OS3/c1-10(2)8-20-14-17-18-15(22-14)21-9-13(19)16-12-6-4-11(3)5-7-12/h4-7,10H,8-9H2,1-3H3,(H,16,19). The van der Waals surface area contributed by atoms with Gasteiger partial charge in [0.1, 0.15) is 0 Å². The molecule has 22 heavy (non-hydrogen) atoms. The van der Waals surface area contributed by atoms with Gasteiger partial charge in [0.25, 0.3) is 0 Å². The quantitative estimate of drug-likeness (QED) is 0.751. The van der Waals surface area contributed by atoms with Crippen LogP contribution in [-0.4, -0.2) is 27.6 Å². The Morgan fingerprint density at radius 3 is 2.45 bits per heavy atom. The molecule has 0 aliphatic rings. The summed E-state index contributed by atoms with van der Waals surface area (Å²) in [5, 5.41) is 11.1. The first-order valence-corrected chi connectivity index (χ1v) is 9.77. The predicted octanol–water partition coefficient (Wildman–Crippen LogP) is 4.33. The van der Waals surface area contributed by atoms with Gasteiger partial charge in [-0.3, -0.25) is 4.79 Å². The minimum Gasteiger partial charge on any atom is -0.325 e. The van der Waals surface area contributed by atoms with Crippen LogP contribution in [0.1, 0.15) is 19.4 Å². The van der Waals surface area contributed by atoms with Gasteiger partial charge < -0.3 is 5.32 Å². The summed E-state index contributed by atoms with van der Waals surface area (Å²) >= 11 is 4.69.